The van der Waals surface area contributed by atoms with Gasteiger partial charge in [-0.05, 0) is 31.4 Å². The second-order valence-corrected chi connectivity index (χ2v) is 5.13. The fourth-order valence-electron chi connectivity index (χ4n) is 2.64. The maximum Gasteiger partial charge on any atom is 0.322 e. The summed E-state index contributed by atoms with van der Waals surface area (Å²) in [6.07, 6.45) is 3.11. The van der Waals surface area contributed by atoms with Crippen molar-refractivity contribution in [3.8, 4) is 0 Å². The molecule has 0 bridgehead atoms. The molecule has 2 rings (SSSR count). The largest absolute Gasteiger partial charge is 0.480 e. The Kier molecular flexibility index (Phi) is 7.19. The highest BCUT2D eigenvalue weighted by Crippen LogP contribution is 2.20. The van der Waals surface area contributed by atoms with E-state index in [4.69, 9.17) is 5.11 Å². The van der Waals surface area contributed by atoms with Gasteiger partial charge in [0.25, 0.3) is 0 Å². The summed E-state index contributed by atoms with van der Waals surface area (Å²) in [7, 11) is 0. The van der Waals surface area contributed by atoms with Crippen LogP contribution in [-0.4, -0.2) is 47.6 Å². The van der Waals surface area contributed by atoms with Gasteiger partial charge in [0.2, 0.25) is 5.91 Å². The minimum atomic E-state index is -1.01. The van der Waals surface area contributed by atoms with Crippen LogP contribution in [0.15, 0.2) is 30.3 Å². The van der Waals surface area contributed by atoms with Crippen LogP contribution in [0.5, 0.6) is 0 Å². The maximum absolute atomic E-state index is 11.7. The van der Waals surface area contributed by atoms with Crippen molar-refractivity contribution in [2.24, 2.45) is 0 Å². The van der Waals surface area contributed by atoms with Crippen molar-refractivity contribution in [3.05, 3.63) is 35.9 Å². The van der Waals surface area contributed by atoms with E-state index in [1.54, 1.807) is 0 Å². The normalized spacial score (nSPS) is 18.0. The highest BCUT2D eigenvalue weighted by molar-refractivity contribution is 5.85. The number of carbonyl (C=O) groups is 2. The molecule has 1 aromatic carbocycles. The van der Waals surface area contributed by atoms with E-state index in [-0.39, 0.29) is 31.4 Å². The lowest BCUT2D eigenvalue weighted by Gasteiger charge is -2.23. The smallest absolute Gasteiger partial charge is 0.322 e. The Morgan fingerprint density at radius 2 is 2.00 bits per heavy atom. The van der Waals surface area contributed by atoms with Gasteiger partial charge in [0.1, 0.15) is 6.54 Å². The van der Waals surface area contributed by atoms with Crippen LogP contribution < -0.4 is 5.32 Å². The van der Waals surface area contributed by atoms with Crippen molar-refractivity contribution in [1.82, 2.24) is 10.2 Å². The van der Waals surface area contributed by atoms with Crippen molar-refractivity contribution in [3.63, 3.8) is 0 Å². The Balaban J connectivity index is 0.00000220. The molecule has 5 nitrogen and oxygen atoms in total. The van der Waals surface area contributed by atoms with Gasteiger partial charge in [0.15, 0.2) is 0 Å². The van der Waals surface area contributed by atoms with Gasteiger partial charge in [0.05, 0.1) is 6.54 Å². The molecule has 0 radical (unpaired) electrons. The van der Waals surface area contributed by atoms with E-state index in [0.717, 1.165) is 25.8 Å². The lowest BCUT2D eigenvalue weighted by Crippen LogP contribution is -2.41. The molecule has 1 amide bonds. The summed E-state index contributed by atoms with van der Waals surface area (Å²) in [6, 6.07) is 10.6. The number of likely N-dealkylation sites (tertiary alicyclic amines) is 1. The molecule has 0 aromatic heterocycles. The zero-order valence-electron chi connectivity index (χ0n) is 11.8. The number of carboxylic acid groups (broad SMARTS) is 1. The van der Waals surface area contributed by atoms with Crippen LogP contribution in [0.4, 0.5) is 0 Å². The number of aliphatic carboxylic acids is 1. The van der Waals surface area contributed by atoms with Crippen molar-refractivity contribution in [1.29, 1.82) is 0 Å². The van der Waals surface area contributed by atoms with Crippen LogP contribution in [0.3, 0.4) is 0 Å². The lowest BCUT2D eigenvalue weighted by atomic mass is 10.0. The molecule has 1 fully saturated rings. The fourth-order valence-corrected chi connectivity index (χ4v) is 2.64. The van der Waals surface area contributed by atoms with Crippen LogP contribution in [0.25, 0.3) is 0 Å². The number of hydrogen-bond acceptors (Lipinski definition) is 3. The van der Waals surface area contributed by atoms with Crippen LogP contribution in [-0.2, 0) is 16.0 Å². The average molecular weight is 313 g/mol. The number of halogens is 1. The van der Waals surface area contributed by atoms with Gasteiger partial charge < -0.3 is 10.4 Å². The van der Waals surface area contributed by atoms with E-state index in [1.165, 1.54) is 5.56 Å². The molecule has 1 saturated heterocycles. The van der Waals surface area contributed by atoms with Crippen molar-refractivity contribution >= 4 is 24.3 Å². The number of rotatable bonds is 6. The Morgan fingerprint density at radius 3 is 2.67 bits per heavy atom. The molecule has 0 spiro atoms. The third-order valence-electron chi connectivity index (χ3n) is 3.60. The van der Waals surface area contributed by atoms with Gasteiger partial charge >= 0.3 is 5.97 Å². The van der Waals surface area contributed by atoms with Gasteiger partial charge in [-0.1, -0.05) is 30.3 Å². The number of nitrogens with zero attached hydrogens (tertiary/aromatic N) is 1. The summed E-state index contributed by atoms with van der Waals surface area (Å²) in [5.41, 5.74) is 1.27. The first-order valence-electron chi connectivity index (χ1n) is 6.91. The number of benzene rings is 1. The third kappa shape index (κ3) is 5.73. The van der Waals surface area contributed by atoms with E-state index in [0.29, 0.717) is 6.04 Å². The molecule has 1 unspecified atom stereocenters. The molecule has 0 saturated carbocycles. The first-order valence-corrected chi connectivity index (χ1v) is 6.91. The summed E-state index contributed by atoms with van der Waals surface area (Å²) >= 11 is 0. The summed E-state index contributed by atoms with van der Waals surface area (Å²) in [4.78, 5) is 24.2. The second-order valence-electron chi connectivity index (χ2n) is 5.13. The van der Waals surface area contributed by atoms with E-state index >= 15 is 0 Å². The molecular formula is C15H21ClN2O3. The van der Waals surface area contributed by atoms with E-state index in [2.05, 4.69) is 22.3 Å². The monoisotopic (exact) mass is 312 g/mol. The molecule has 116 valence electrons. The van der Waals surface area contributed by atoms with Gasteiger partial charge in [-0.25, -0.2) is 0 Å². The van der Waals surface area contributed by atoms with Gasteiger partial charge in [0, 0.05) is 6.04 Å². The molecule has 6 heteroatoms. The number of amides is 1. The summed E-state index contributed by atoms with van der Waals surface area (Å²) in [6.45, 7) is 0.874. The fraction of sp³-hybridized carbons (Fsp3) is 0.467. The van der Waals surface area contributed by atoms with Gasteiger partial charge in [-0.2, -0.15) is 0 Å². The topological polar surface area (TPSA) is 69.6 Å². The molecular weight excluding hydrogens is 292 g/mol. The lowest BCUT2D eigenvalue weighted by molar-refractivity contribution is -0.138. The van der Waals surface area contributed by atoms with Crippen LogP contribution in [0, 0.1) is 0 Å². The SMILES string of the molecule is Cl.O=C(O)CNC(=O)CN1CCCC1Cc1ccccc1. The van der Waals surface area contributed by atoms with Gasteiger partial charge in [-0.15, -0.1) is 12.4 Å². The first-order chi connectivity index (χ1) is 9.65. The Morgan fingerprint density at radius 1 is 1.29 bits per heavy atom. The minimum absolute atomic E-state index is 0. The zero-order valence-corrected chi connectivity index (χ0v) is 12.6. The predicted molar refractivity (Wildman–Crippen MR) is 82.6 cm³/mol. The Hall–Kier alpha value is -1.59. The van der Waals surface area contributed by atoms with Gasteiger partial charge in [-0.3, -0.25) is 14.5 Å². The summed E-state index contributed by atoms with van der Waals surface area (Å²) in [5, 5.41) is 11.0. The van der Waals surface area contributed by atoms with Crippen LogP contribution in [0.1, 0.15) is 18.4 Å². The Labute approximate surface area is 130 Å². The predicted octanol–water partition coefficient (Wildman–Crippen LogP) is 1.32. The summed E-state index contributed by atoms with van der Waals surface area (Å²) < 4.78 is 0. The molecule has 1 aliphatic heterocycles. The van der Waals surface area contributed by atoms with Crippen LogP contribution in [0.2, 0.25) is 0 Å². The van der Waals surface area contributed by atoms with Crippen molar-refractivity contribution in [2.75, 3.05) is 19.6 Å². The molecule has 21 heavy (non-hydrogen) atoms. The number of carboxylic acids is 1. The second kappa shape index (κ2) is 8.64. The molecule has 0 aliphatic carbocycles. The average Bonchev–Trinajstić information content (AvgIpc) is 2.85. The quantitative estimate of drug-likeness (QED) is 0.831. The van der Waals surface area contributed by atoms with E-state index in [9.17, 15) is 9.59 Å². The standard InChI is InChI=1S/C15H20N2O3.ClH/c18-14(16-10-15(19)20)11-17-8-4-7-13(17)9-12-5-2-1-3-6-12;/h1-3,5-6,13H,4,7-11H2,(H,16,18)(H,19,20);1H. The third-order valence-corrected chi connectivity index (χ3v) is 3.60. The molecule has 2 N–H and O–H groups in total. The molecule has 1 atom stereocenters. The van der Waals surface area contributed by atoms with E-state index < -0.39 is 5.97 Å². The molecule has 1 heterocycles. The Bertz CT molecular complexity index is 467. The zero-order chi connectivity index (χ0) is 14.4. The number of nitrogens with one attached hydrogen (secondary N) is 1. The highest BCUT2D eigenvalue weighted by atomic mass is 35.5. The number of carbonyl (C=O) groups excluding carboxylic acids is 1. The van der Waals surface area contributed by atoms with Crippen LogP contribution >= 0.6 is 12.4 Å². The highest BCUT2D eigenvalue weighted by Gasteiger charge is 2.26. The maximum atomic E-state index is 11.7. The summed E-state index contributed by atoms with van der Waals surface area (Å²) in [5.74, 6) is -1.23. The van der Waals surface area contributed by atoms with Crippen molar-refractivity contribution < 1.29 is 14.7 Å². The van der Waals surface area contributed by atoms with Crippen molar-refractivity contribution in [2.45, 2.75) is 25.3 Å². The molecule has 1 aromatic rings. The first kappa shape index (κ1) is 17.5. The number of hydrogen-bond donors (Lipinski definition) is 2. The minimum Gasteiger partial charge on any atom is -0.480 e. The molecule has 1 aliphatic rings. The van der Waals surface area contributed by atoms with E-state index in [1.807, 2.05) is 18.2 Å².